The van der Waals surface area contributed by atoms with Gasteiger partial charge in [-0.3, -0.25) is 10.1 Å². The van der Waals surface area contributed by atoms with Gasteiger partial charge < -0.3 is 10.1 Å². The number of hydrogen-bond donors (Lipinski definition) is 1. The van der Waals surface area contributed by atoms with Gasteiger partial charge >= 0.3 is 0 Å². The summed E-state index contributed by atoms with van der Waals surface area (Å²) in [4.78, 5) is 10.3. The molecule has 0 spiro atoms. The van der Waals surface area contributed by atoms with E-state index in [2.05, 4.69) is 5.32 Å². The fraction of sp³-hybridized carbons (Fsp3) is 0.538. The lowest BCUT2D eigenvalue weighted by molar-refractivity contribution is -0.384. The van der Waals surface area contributed by atoms with Crippen LogP contribution in [0.1, 0.15) is 18.4 Å². The number of nitro groups is 1. The summed E-state index contributed by atoms with van der Waals surface area (Å²) in [6.07, 6.45) is 2.46. The number of rotatable bonds is 7. The first-order chi connectivity index (χ1) is 9.08. The summed E-state index contributed by atoms with van der Waals surface area (Å²) >= 11 is 0. The standard InChI is InChI=1S/C13H17FN2O3/c1-9-6-12(13(16(17)18)7-11(9)14)15-4-5-19-8-10-2-3-10/h6-7,10,15H,2-5,8H2,1H3. The van der Waals surface area contributed by atoms with E-state index >= 15 is 0 Å². The number of halogens is 1. The van der Waals surface area contributed by atoms with Gasteiger partial charge in [0.25, 0.3) is 5.69 Å². The molecule has 19 heavy (non-hydrogen) atoms. The SMILES string of the molecule is Cc1cc(NCCOCC2CC2)c([N+](=O)[O-])cc1F. The van der Waals surface area contributed by atoms with E-state index in [1.807, 2.05) is 0 Å². The normalized spacial score (nSPS) is 14.4. The van der Waals surface area contributed by atoms with Crippen LogP contribution in [0.5, 0.6) is 0 Å². The van der Waals surface area contributed by atoms with E-state index in [-0.39, 0.29) is 5.69 Å². The van der Waals surface area contributed by atoms with Crippen molar-refractivity contribution in [2.45, 2.75) is 19.8 Å². The molecule has 0 amide bonds. The van der Waals surface area contributed by atoms with Crippen molar-refractivity contribution in [1.29, 1.82) is 0 Å². The molecule has 1 aliphatic carbocycles. The van der Waals surface area contributed by atoms with Crippen LogP contribution in [-0.4, -0.2) is 24.7 Å². The quantitative estimate of drug-likeness (QED) is 0.469. The Bertz CT molecular complexity index is 475. The Kier molecular flexibility index (Phi) is 4.31. The molecule has 0 bridgehead atoms. The molecule has 104 valence electrons. The summed E-state index contributed by atoms with van der Waals surface area (Å²) in [6, 6.07) is 2.40. The monoisotopic (exact) mass is 268 g/mol. The van der Waals surface area contributed by atoms with E-state index in [9.17, 15) is 14.5 Å². The number of anilines is 1. The lowest BCUT2D eigenvalue weighted by Crippen LogP contribution is -2.12. The second-order valence-electron chi connectivity index (χ2n) is 4.82. The first-order valence-electron chi connectivity index (χ1n) is 6.34. The van der Waals surface area contributed by atoms with Gasteiger partial charge in [0.15, 0.2) is 0 Å². The van der Waals surface area contributed by atoms with Crippen LogP contribution < -0.4 is 5.32 Å². The fourth-order valence-corrected chi connectivity index (χ4v) is 1.76. The molecule has 1 aromatic carbocycles. The maximum Gasteiger partial charge on any atom is 0.295 e. The minimum Gasteiger partial charge on any atom is -0.379 e. The predicted octanol–water partition coefficient (Wildman–Crippen LogP) is 2.88. The Morgan fingerprint density at radius 1 is 1.53 bits per heavy atom. The summed E-state index contributed by atoms with van der Waals surface area (Å²) in [7, 11) is 0. The highest BCUT2D eigenvalue weighted by molar-refractivity contribution is 5.63. The highest BCUT2D eigenvalue weighted by atomic mass is 19.1. The van der Waals surface area contributed by atoms with Crippen molar-refractivity contribution >= 4 is 11.4 Å². The van der Waals surface area contributed by atoms with Gasteiger partial charge in [-0.05, 0) is 37.3 Å². The smallest absolute Gasteiger partial charge is 0.295 e. The molecule has 1 fully saturated rings. The molecule has 0 heterocycles. The van der Waals surface area contributed by atoms with E-state index in [1.165, 1.54) is 18.9 Å². The average molecular weight is 268 g/mol. The molecule has 0 radical (unpaired) electrons. The van der Waals surface area contributed by atoms with Crippen LogP contribution in [0, 0.1) is 28.8 Å². The Morgan fingerprint density at radius 3 is 2.89 bits per heavy atom. The van der Waals surface area contributed by atoms with Crippen LogP contribution in [0.25, 0.3) is 0 Å². The first kappa shape index (κ1) is 13.7. The van der Waals surface area contributed by atoms with Gasteiger partial charge in [-0.15, -0.1) is 0 Å². The van der Waals surface area contributed by atoms with E-state index in [0.717, 1.165) is 12.7 Å². The van der Waals surface area contributed by atoms with E-state index in [4.69, 9.17) is 4.74 Å². The number of ether oxygens (including phenoxy) is 1. The lowest BCUT2D eigenvalue weighted by Gasteiger charge is -2.09. The van der Waals surface area contributed by atoms with Crippen molar-refractivity contribution in [1.82, 2.24) is 0 Å². The molecule has 6 heteroatoms. The van der Waals surface area contributed by atoms with Crippen molar-refractivity contribution in [3.05, 3.63) is 33.6 Å². The van der Waals surface area contributed by atoms with Gasteiger partial charge in [0.05, 0.1) is 17.6 Å². The van der Waals surface area contributed by atoms with Crippen LogP contribution in [0.15, 0.2) is 12.1 Å². The zero-order chi connectivity index (χ0) is 13.8. The molecule has 5 nitrogen and oxygen atoms in total. The van der Waals surface area contributed by atoms with Crippen molar-refractivity contribution in [2.24, 2.45) is 5.92 Å². The van der Waals surface area contributed by atoms with Crippen LogP contribution in [0.2, 0.25) is 0 Å². The van der Waals surface area contributed by atoms with E-state index in [1.54, 1.807) is 6.92 Å². The summed E-state index contributed by atoms with van der Waals surface area (Å²) in [6.45, 7) is 3.29. The molecule has 0 atom stereocenters. The highest BCUT2D eigenvalue weighted by Crippen LogP contribution is 2.29. The molecule has 0 aromatic heterocycles. The van der Waals surface area contributed by atoms with E-state index in [0.29, 0.717) is 30.3 Å². The molecule has 1 N–H and O–H groups in total. The van der Waals surface area contributed by atoms with Crippen LogP contribution in [0.3, 0.4) is 0 Å². The topological polar surface area (TPSA) is 64.4 Å². The van der Waals surface area contributed by atoms with Gasteiger partial charge in [-0.1, -0.05) is 0 Å². The maximum absolute atomic E-state index is 13.3. The van der Waals surface area contributed by atoms with Gasteiger partial charge in [0.2, 0.25) is 0 Å². The van der Waals surface area contributed by atoms with E-state index < -0.39 is 10.7 Å². The number of nitrogens with one attached hydrogen (secondary N) is 1. The van der Waals surface area contributed by atoms with Crippen molar-refractivity contribution in [3.63, 3.8) is 0 Å². The molecule has 0 unspecified atom stereocenters. The summed E-state index contributed by atoms with van der Waals surface area (Å²) in [5, 5.41) is 13.8. The Balaban J connectivity index is 1.89. The van der Waals surface area contributed by atoms with Crippen LogP contribution in [-0.2, 0) is 4.74 Å². The first-order valence-corrected chi connectivity index (χ1v) is 6.34. The minimum absolute atomic E-state index is 0.245. The maximum atomic E-state index is 13.3. The summed E-state index contributed by atoms with van der Waals surface area (Å²) in [5.41, 5.74) is 0.469. The molecular weight excluding hydrogens is 251 g/mol. The van der Waals surface area contributed by atoms with Crippen LogP contribution >= 0.6 is 0 Å². The number of hydrogen-bond acceptors (Lipinski definition) is 4. The lowest BCUT2D eigenvalue weighted by atomic mass is 10.2. The second kappa shape index (κ2) is 5.97. The number of nitro benzene ring substituents is 1. The Labute approximate surface area is 110 Å². The van der Waals surface area contributed by atoms with Gasteiger partial charge in [0.1, 0.15) is 11.5 Å². The van der Waals surface area contributed by atoms with Gasteiger partial charge in [-0.25, -0.2) is 4.39 Å². The molecule has 1 aromatic rings. The third kappa shape index (κ3) is 3.89. The minimum atomic E-state index is -0.587. The highest BCUT2D eigenvalue weighted by Gasteiger charge is 2.21. The van der Waals surface area contributed by atoms with Gasteiger partial charge in [0, 0.05) is 13.2 Å². The van der Waals surface area contributed by atoms with Gasteiger partial charge in [-0.2, -0.15) is 0 Å². The summed E-state index contributed by atoms with van der Waals surface area (Å²) < 4.78 is 18.7. The molecule has 1 aliphatic rings. The zero-order valence-electron chi connectivity index (χ0n) is 10.8. The Hall–Kier alpha value is -1.69. The number of nitrogens with zero attached hydrogens (tertiary/aromatic N) is 1. The second-order valence-corrected chi connectivity index (χ2v) is 4.82. The van der Waals surface area contributed by atoms with Crippen molar-refractivity contribution in [3.8, 4) is 0 Å². The third-order valence-corrected chi connectivity index (χ3v) is 3.09. The number of benzene rings is 1. The number of aryl methyl sites for hydroxylation is 1. The van der Waals surface area contributed by atoms with Crippen molar-refractivity contribution in [2.75, 3.05) is 25.1 Å². The predicted molar refractivity (Wildman–Crippen MR) is 69.8 cm³/mol. The zero-order valence-corrected chi connectivity index (χ0v) is 10.8. The average Bonchev–Trinajstić information content (AvgIpc) is 3.16. The van der Waals surface area contributed by atoms with Crippen molar-refractivity contribution < 1.29 is 14.1 Å². The molecular formula is C13H17FN2O3. The summed E-state index contributed by atoms with van der Waals surface area (Å²) in [5.74, 6) is 0.129. The fourth-order valence-electron chi connectivity index (χ4n) is 1.76. The molecule has 0 saturated heterocycles. The van der Waals surface area contributed by atoms with Crippen LogP contribution in [0.4, 0.5) is 15.8 Å². The molecule has 0 aliphatic heterocycles. The Morgan fingerprint density at radius 2 is 2.26 bits per heavy atom. The molecule has 1 saturated carbocycles. The molecule has 2 rings (SSSR count). The third-order valence-electron chi connectivity index (χ3n) is 3.09. The largest absolute Gasteiger partial charge is 0.379 e.